The molecule has 0 amide bonds. The molecule has 8 rings (SSSR count). The van der Waals surface area contributed by atoms with Gasteiger partial charge in [-0.3, -0.25) is 4.98 Å². The number of fused-ring (bicyclic) bond motifs is 11. The van der Waals surface area contributed by atoms with Crippen LogP contribution in [0.5, 0.6) is 0 Å². The largest absolute Gasteiger partial charge is 0.438 e. The molecule has 1 aliphatic rings. The highest BCUT2D eigenvalue weighted by Crippen LogP contribution is 2.47. The zero-order chi connectivity index (χ0) is 24.3. The number of para-hydroxylation sites is 1. The second kappa shape index (κ2) is 7.70. The van der Waals surface area contributed by atoms with Crippen LogP contribution in [-0.4, -0.2) is 15.0 Å². The van der Waals surface area contributed by atoms with E-state index in [0.717, 1.165) is 49.9 Å². The Labute approximate surface area is 212 Å². The van der Waals surface area contributed by atoms with E-state index in [4.69, 9.17) is 19.4 Å². The van der Waals surface area contributed by atoms with E-state index in [2.05, 4.69) is 72.8 Å². The van der Waals surface area contributed by atoms with Gasteiger partial charge in [0.25, 0.3) is 0 Å². The lowest BCUT2D eigenvalue weighted by Crippen LogP contribution is -1.99. The van der Waals surface area contributed by atoms with Crippen LogP contribution in [0.25, 0.3) is 78.1 Å². The number of aromatic nitrogens is 3. The van der Waals surface area contributed by atoms with E-state index in [1.165, 1.54) is 16.7 Å². The third kappa shape index (κ3) is 2.99. The molecule has 4 heteroatoms. The van der Waals surface area contributed by atoms with Gasteiger partial charge in [-0.05, 0) is 46.0 Å². The van der Waals surface area contributed by atoms with Crippen molar-refractivity contribution in [2.24, 2.45) is 0 Å². The molecule has 0 fully saturated rings. The van der Waals surface area contributed by atoms with Crippen LogP contribution in [0.4, 0.5) is 0 Å². The number of pyridine rings is 1. The van der Waals surface area contributed by atoms with Gasteiger partial charge in [0.1, 0.15) is 5.58 Å². The molecule has 0 radical (unpaired) electrons. The number of benzene rings is 4. The molecule has 4 aromatic carbocycles. The lowest BCUT2D eigenvalue weighted by atomic mass is 9.82. The third-order valence-electron chi connectivity index (χ3n) is 7.20. The third-order valence-corrected chi connectivity index (χ3v) is 7.20. The molecule has 7 aromatic rings. The molecule has 172 valence electrons. The van der Waals surface area contributed by atoms with Crippen molar-refractivity contribution >= 4 is 22.1 Å². The minimum absolute atomic E-state index is 0.599. The van der Waals surface area contributed by atoms with Gasteiger partial charge in [0.05, 0.1) is 11.1 Å². The highest BCUT2D eigenvalue weighted by Gasteiger charge is 2.23. The van der Waals surface area contributed by atoms with Crippen LogP contribution in [0, 0.1) is 0 Å². The van der Waals surface area contributed by atoms with Crippen molar-refractivity contribution in [2.75, 3.05) is 0 Å². The van der Waals surface area contributed by atoms with Crippen LogP contribution >= 0.6 is 0 Å². The standard InChI is InChI=1S/C33H19N3O/c1-2-9-22-21(8-1)24-16-15-20(32-35-19-29-25-11-5-6-14-30(25)37-33(29)36-32)18-28(24)23-10-3-4-12-26(23)31-27(22)13-7-17-34-31/h1-19H. The molecule has 1 aliphatic carbocycles. The summed E-state index contributed by atoms with van der Waals surface area (Å²) < 4.78 is 6.05. The fourth-order valence-corrected chi connectivity index (χ4v) is 5.51. The van der Waals surface area contributed by atoms with E-state index < -0.39 is 0 Å². The zero-order valence-electron chi connectivity index (χ0n) is 19.7. The molecule has 0 unspecified atom stereocenters. The molecule has 0 aliphatic heterocycles. The van der Waals surface area contributed by atoms with Crippen molar-refractivity contribution in [1.82, 2.24) is 15.0 Å². The highest BCUT2D eigenvalue weighted by atomic mass is 16.3. The average Bonchev–Trinajstić information content (AvgIpc) is 3.34. The summed E-state index contributed by atoms with van der Waals surface area (Å²) in [5.74, 6) is 0.640. The Morgan fingerprint density at radius 2 is 1.19 bits per heavy atom. The van der Waals surface area contributed by atoms with Crippen LogP contribution in [0.15, 0.2) is 120 Å². The Morgan fingerprint density at radius 1 is 0.514 bits per heavy atom. The van der Waals surface area contributed by atoms with Gasteiger partial charge in [0, 0.05) is 34.5 Å². The molecule has 0 saturated carbocycles. The number of hydrogen-bond donors (Lipinski definition) is 0. The van der Waals surface area contributed by atoms with Crippen LogP contribution in [-0.2, 0) is 0 Å². The highest BCUT2D eigenvalue weighted by molar-refractivity contribution is 6.04. The second-order valence-corrected chi connectivity index (χ2v) is 9.26. The van der Waals surface area contributed by atoms with E-state index in [1.54, 1.807) is 0 Å². The molecular weight excluding hydrogens is 454 g/mol. The summed E-state index contributed by atoms with van der Waals surface area (Å²) >= 11 is 0. The monoisotopic (exact) mass is 473 g/mol. The quantitative estimate of drug-likeness (QED) is 0.240. The molecule has 3 aromatic heterocycles. The number of furan rings is 1. The van der Waals surface area contributed by atoms with Crippen molar-refractivity contribution in [1.29, 1.82) is 0 Å². The van der Waals surface area contributed by atoms with E-state index in [-0.39, 0.29) is 0 Å². The molecule has 4 nitrogen and oxygen atoms in total. The number of hydrogen-bond acceptors (Lipinski definition) is 4. The summed E-state index contributed by atoms with van der Waals surface area (Å²) in [4.78, 5) is 14.4. The Morgan fingerprint density at radius 3 is 2.05 bits per heavy atom. The first kappa shape index (κ1) is 20.1. The van der Waals surface area contributed by atoms with Gasteiger partial charge in [-0.2, -0.15) is 4.98 Å². The Balaban J connectivity index is 1.40. The summed E-state index contributed by atoms with van der Waals surface area (Å²) in [7, 11) is 0. The fraction of sp³-hybridized carbons (Fsp3) is 0. The Hall–Kier alpha value is -5.09. The molecule has 0 spiro atoms. The van der Waals surface area contributed by atoms with E-state index >= 15 is 0 Å². The van der Waals surface area contributed by atoms with Crippen molar-refractivity contribution in [3.63, 3.8) is 0 Å². The maximum atomic E-state index is 6.05. The Kier molecular flexibility index (Phi) is 4.19. The molecule has 0 N–H and O–H groups in total. The average molecular weight is 474 g/mol. The molecular formula is C33H19N3O. The first-order valence-electron chi connectivity index (χ1n) is 12.3. The minimum atomic E-state index is 0.599. The van der Waals surface area contributed by atoms with E-state index in [0.29, 0.717) is 11.5 Å². The van der Waals surface area contributed by atoms with Crippen molar-refractivity contribution in [3.05, 3.63) is 116 Å². The summed E-state index contributed by atoms with van der Waals surface area (Å²) in [5, 5.41) is 1.95. The first-order chi connectivity index (χ1) is 18.3. The van der Waals surface area contributed by atoms with Gasteiger partial charge >= 0.3 is 0 Å². The van der Waals surface area contributed by atoms with Crippen molar-refractivity contribution in [2.45, 2.75) is 0 Å². The zero-order valence-corrected chi connectivity index (χ0v) is 19.7. The molecule has 0 saturated heterocycles. The predicted octanol–water partition coefficient (Wildman–Crippen LogP) is 8.42. The minimum Gasteiger partial charge on any atom is -0.438 e. The summed E-state index contributed by atoms with van der Waals surface area (Å²) in [6.07, 6.45) is 3.73. The first-order valence-corrected chi connectivity index (χ1v) is 12.3. The maximum absolute atomic E-state index is 6.05. The number of rotatable bonds is 1. The van der Waals surface area contributed by atoms with Crippen LogP contribution in [0.1, 0.15) is 0 Å². The lowest BCUT2D eigenvalue weighted by molar-refractivity contribution is 0.653. The topological polar surface area (TPSA) is 51.8 Å². The maximum Gasteiger partial charge on any atom is 0.230 e. The van der Waals surface area contributed by atoms with Crippen molar-refractivity contribution in [3.8, 4) is 56.0 Å². The molecule has 0 atom stereocenters. The number of nitrogens with zero attached hydrogens (tertiary/aromatic N) is 3. The van der Waals surface area contributed by atoms with Gasteiger partial charge in [-0.1, -0.05) is 84.9 Å². The smallest absolute Gasteiger partial charge is 0.230 e. The van der Waals surface area contributed by atoms with Gasteiger partial charge in [-0.15, -0.1) is 0 Å². The fourth-order valence-electron chi connectivity index (χ4n) is 5.51. The summed E-state index contributed by atoms with van der Waals surface area (Å²) in [6.45, 7) is 0. The van der Waals surface area contributed by atoms with Crippen LogP contribution in [0.2, 0.25) is 0 Å². The second-order valence-electron chi connectivity index (χ2n) is 9.26. The van der Waals surface area contributed by atoms with Gasteiger partial charge < -0.3 is 4.42 Å². The van der Waals surface area contributed by atoms with Gasteiger partial charge in [-0.25, -0.2) is 4.98 Å². The van der Waals surface area contributed by atoms with Crippen LogP contribution < -0.4 is 0 Å². The molecule has 3 heterocycles. The van der Waals surface area contributed by atoms with Gasteiger partial charge in [0.2, 0.25) is 5.71 Å². The van der Waals surface area contributed by atoms with E-state index in [9.17, 15) is 0 Å². The summed E-state index contributed by atoms with van der Waals surface area (Å²) in [5.41, 5.74) is 11.4. The summed E-state index contributed by atoms with van der Waals surface area (Å²) in [6, 6.07) is 35.7. The van der Waals surface area contributed by atoms with Crippen LogP contribution in [0.3, 0.4) is 0 Å². The van der Waals surface area contributed by atoms with Gasteiger partial charge in [0.15, 0.2) is 5.82 Å². The van der Waals surface area contributed by atoms with E-state index in [1.807, 2.05) is 42.7 Å². The lowest BCUT2D eigenvalue weighted by Gasteiger charge is -2.22. The predicted molar refractivity (Wildman–Crippen MR) is 148 cm³/mol. The molecule has 37 heavy (non-hydrogen) atoms. The van der Waals surface area contributed by atoms with Crippen molar-refractivity contribution < 1.29 is 4.42 Å². The SMILES string of the molecule is c1ccc2c(c1)-c1ccc(-c3ncc4c(n3)oc3ccccc34)cc1-c1ccccc1-c1ncccc1-2. The normalized spacial score (nSPS) is 11.8. The molecule has 0 bridgehead atoms. The Bertz CT molecular complexity index is 2000.